The van der Waals surface area contributed by atoms with Crippen molar-refractivity contribution in [1.29, 1.82) is 0 Å². The van der Waals surface area contributed by atoms with Crippen LogP contribution in [0.2, 0.25) is 0 Å². The van der Waals surface area contributed by atoms with Gasteiger partial charge < -0.3 is 11.1 Å². The van der Waals surface area contributed by atoms with Gasteiger partial charge in [0.25, 0.3) is 5.91 Å². The van der Waals surface area contributed by atoms with Gasteiger partial charge in [-0.05, 0) is 50.1 Å². The fourth-order valence-electron chi connectivity index (χ4n) is 4.63. The van der Waals surface area contributed by atoms with Crippen LogP contribution in [0.3, 0.4) is 0 Å². The standard InChI is InChI=1S/C25H26F3N7O.2ClH/c1-14(2)30-24(36)16-4-3-15-5-7-19(31-20(15)11-16)23-33-32-21-8-6-17(12-35(21)23)22(25(26,27)28)34-10-9-18(29)13-34;;/h3-8,11-12,14,18,22H,9-10,13,29H2,1-2H3,(H,30,36);2*1H/t18-,22?;;/m0../s1. The van der Waals surface area contributed by atoms with Crippen molar-refractivity contribution < 1.29 is 18.0 Å². The SMILES string of the molecule is CC(C)NC(=O)c1ccc2ccc(-c3nnc4ccc(C(N5CC[C@H](N)C5)C(F)(F)F)cn34)nc2c1.Cl.Cl. The van der Waals surface area contributed by atoms with Crippen molar-refractivity contribution >= 4 is 47.3 Å². The number of carbonyl (C=O) groups is 1. The molecule has 5 rings (SSSR count). The second-order valence-electron chi connectivity index (χ2n) is 9.43. The first kappa shape index (κ1) is 29.6. The van der Waals surface area contributed by atoms with Crippen molar-refractivity contribution in [1.82, 2.24) is 29.8 Å². The van der Waals surface area contributed by atoms with E-state index >= 15 is 0 Å². The molecule has 13 heteroatoms. The van der Waals surface area contributed by atoms with Crippen LogP contribution >= 0.6 is 24.8 Å². The third-order valence-corrected chi connectivity index (χ3v) is 6.28. The quantitative estimate of drug-likeness (QED) is 0.365. The summed E-state index contributed by atoms with van der Waals surface area (Å²) in [5.41, 5.74) is 7.83. The van der Waals surface area contributed by atoms with E-state index in [-0.39, 0.29) is 61.5 Å². The fraction of sp³-hybridized carbons (Fsp3) is 0.360. The number of aromatic nitrogens is 4. The maximum Gasteiger partial charge on any atom is 0.408 e. The maximum atomic E-state index is 14.1. The first-order chi connectivity index (χ1) is 17.1. The van der Waals surface area contributed by atoms with Crippen molar-refractivity contribution in [3.8, 4) is 11.5 Å². The number of nitrogens with two attached hydrogens (primary N) is 1. The van der Waals surface area contributed by atoms with Gasteiger partial charge in [0.15, 0.2) is 11.5 Å². The van der Waals surface area contributed by atoms with Gasteiger partial charge in [-0.1, -0.05) is 18.2 Å². The highest BCUT2D eigenvalue weighted by Crippen LogP contribution is 2.39. The summed E-state index contributed by atoms with van der Waals surface area (Å²) in [5, 5.41) is 12.0. The molecular weight excluding hydrogens is 542 g/mol. The second-order valence-corrected chi connectivity index (χ2v) is 9.43. The molecule has 1 saturated heterocycles. The Morgan fingerprint density at radius 2 is 1.84 bits per heavy atom. The van der Waals surface area contributed by atoms with E-state index in [4.69, 9.17) is 5.73 Å². The minimum atomic E-state index is -4.47. The van der Waals surface area contributed by atoms with E-state index in [2.05, 4.69) is 20.5 Å². The van der Waals surface area contributed by atoms with Crippen molar-refractivity contribution in [2.75, 3.05) is 13.1 Å². The van der Waals surface area contributed by atoms with Crippen LogP contribution in [0.25, 0.3) is 28.1 Å². The van der Waals surface area contributed by atoms with E-state index in [1.165, 1.54) is 27.6 Å². The summed E-state index contributed by atoms with van der Waals surface area (Å²) in [6, 6.07) is 9.66. The number of halogens is 5. The lowest BCUT2D eigenvalue weighted by Gasteiger charge is -2.30. The van der Waals surface area contributed by atoms with Crippen LogP contribution in [-0.4, -0.2) is 61.7 Å². The Hall–Kier alpha value is -2.99. The number of nitrogens with zero attached hydrogens (tertiary/aromatic N) is 5. The zero-order chi connectivity index (χ0) is 25.6. The van der Waals surface area contributed by atoms with Crippen molar-refractivity contribution in [3.05, 3.63) is 59.8 Å². The lowest BCUT2D eigenvalue weighted by Crippen LogP contribution is -2.38. The molecular formula is C25H28Cl2F3N7O. The molecule has 8 nitrogen and oxygen atoms in total. The molecule has 1 aromatic carbocycles. The Morgan fingerprint density at radius 1 is 1.11 bits per heavy atom. The number of alkyl halides is 3. The number of carbonyl (C=O) groups excluding carboxylic acids is 1. The summed E-state index contributed by atoms with van der Waals surface area (Å²) in [4.78, 5) is 18.4. The van der Waals surface area contributed by atoms with Gasteiger partial charge >= 0.3 is 6.18 Å². The largest absolute Gasteiger partial charge is 0.408 e. The summed E-state index contributed by atoms with van der Waals surface area (Å²) < 4.78 is 43.9. The molecule has 4 heterocycles. The summed E-state index contributed by atoms with van der Waals surface area (Å²) in [6.07, 6.45) is -2.53. The Labute approximate surface area is 229 Å². The van der Waals surface area contributed by atoms with E-state index in [9.17, 15) is 18.0 Å². The molecule has 1 fully saturated rings. The molecule has 0 bridgehead atoms. The third-order valence-electron chi connectivity index (χ3n) is 6.28. The molecule has 4 aromatic rings. The molecule has 1 amide bonds. The average Bonchev–Trinajstić information content (AvgIpc) is 3.43. The highest BCUT2D eigenvalue weighted by molar-refractivity contribution is 5.98. The van der Waals surface area contributed by atoms with Crippen LogP contribution in [0.4, 0.5) is 13.2 Å². The number of nitrogens with one attached hydrogen (secondary N) is 1. The Bertz CT molecular complexity index is 1440. The van der Waals surface area contributed by atoms with E-state index in [0.29, 0.717) is 34.7 Å². The number of benzene rings is 1. The van der Waals surface area contributed by atoms with Gasteiger partial charge in [0, 0.05) is 42.3 Å². The molecule has 1 aliphatic rings. The molecule has 204 valence electrons. The van der Waals surface area contributed by atoms with Crippen LogP contribution in [-0.2, 0) is 0 Å². The highest BCUT2D eigenvalue weighted by Gasteiger charge is 2.46. The summed E-state index contributed by atoms with van der Waals surface area (Å²) in [7, 11) is 0. The molecule has 1 unspecified atom stereocenters. The maximum absolute atomic E-state index is 14.1. The molecule has 3 aromatic heterocycles. The number of fused-ring (bicyclic) bond motifs is 2. The topological polar surface area (TPSA) is 101 Å². The molecule has 3 N–H and O–H groups in total. The van der Waals surface area contributed by atoms with E-state index in [1.807, 2.05) is 19.9 Å². The average molecular weight is 570 g/mol. The molecule has 0 spiro atoms. The zero-order valence-corrected chi connectivity index (χ0v) is 22.3. The molecule has 0 aliphatic carbocycles. The lowest BCUT2D eigenvalue weighted by molar-refractivity contribution is -0.183. The number of likely N-dealkylation sites (tertiary alicyclic amines) is 1. The Balaban J connectivity index is 0.00000200. The van der Waals surface area contributed by atoms with Crippen LogP contribution in [0.1, 0.15) is 42.2 Å². The lowest BCUT2D eigenvalue weighted by atomic mass is 10.1. The normalized spacial score (nSPS) is 16.9. The van der Waals surface area contributed by atoms with E-state index in [1.54, 1.807) is 24.3 Å². The van der Waals surface area contributed by atoms with Gasteiger partial charge in [0.1, 0.15) is 11.7 Å². The molecule has 1 aliphatic heterocycles. The van der Waals surface area contributed by atoms with Gasteiger partial charge in [-0.15, -0.1) is 35.0 Å². The van der Waals surface area contributed by atoms with E-state index < -0.39 is 12.2 Å². The fourth-order valence-corrected chi connectivity index (χ4v) is 4.63. The molecule has 38 heavy (non-hydrogen) atoms. The van der Waals surface area contributed by atoms with Gasteiger partial charge in [-0.25, -0.2) is 4.98 Å². The number of hydrogen-bond acceptors (Lipinski definition) is 6. The van der Waals surface area contributed by atoms with Crippen LogP contribution in [0.15, 0.2) is 48.7 Å². The smallest absolute Gasteiger partial charge is 0.350 e. The Morgan fingerprint density at radius 3 is 2.50 bits per heavy atom. The van der Waals surface area contributed by atoms with Gasteiger partial charge in [0.05, 0.1) is 5.52 Å². The summed E-state index contributed by atoms with van der Waals surface area (Å²) in [6.45, 7) is 4.20. The van der Waals surface area contributed by atoms with Gasteiger partial charge in [0.2, 0.25) is 0 Å². The first-order valence-corrected chi connectivity index (χ1v) is 11.7. The molecule has 0 saturated carbocycles. The second kappa shape index (κ2) is 11.4. The number of rotatable bonds is 5. The zero-order valence-electron chi connectivity index (χ0n) is 20.6. The van der Waals surface area contributed by atoms with Gasteiger partial charge in [-0.3, -0.25) is 14.1 Å². The predicted molar refractivity (Wildman–Crippen MR) is 144 cm³/mol. The molecule has 0 radical (unpaired) electrons. The number of hydrogen-bond donors (Lipinski definition) is 2. The van der Waals surface area contributed by atoms with Gasteiger partial charge in [-0.2, -0.15) is 13.2 Å². The minimum Gasteiger partial charge on any atom is -0.350 e. The monoisotopic (exact) mass is 569 g/mol. The summed E-state index contributed by atoms with van der Waals surface area (Å²) >= 11 is 0. The summed E-state index contributed by atoms with van der Waals surface area (Å²) in [5.74, 6) is 0.0985. The van der Waals surface area contributed by atoms with E-state index in [0.717, 1.165) is 5.39 Å². The minimum absolute atomic E-state index is 0. The highest BCUT2D eigenvalue weighted by atomic mass is 35.5. The predicted octanol–water partition coefficient (Wildman–Crippen LogP) is 4.56. The van der Waals surface area contributed by atoms with Crippen molar-refractivity contribution in [2.45, 2.75) is 44.6 Å². The van der Waals surface area contributed by atoms with Crippen molar-refractivity contribution in [2.24, 2.45) is 5.73 Å². The van der Waals surface area contributed by atoms with Crippen molar-refractivity contribution in [3.63, 3.8) is 0 Å². The number of pyridine rings is 2. The van der Waals surface area contributed by atoms with Crippen LogP contribution in [0, 0.1) is 0 Å². The van der Waals surface area contributed by atoms with Crippen LogP contribution < -0.4 is 11.1 Å². The first-order valence-electron chi connectivity index (χ1n) is 11.7. The third kappa shape index (κ3) is 5.85. The number of amides is 1. The Kier molecular flexibility index (Phi) is 8.87. The molecule has 2 atom stereocenters. The van der Waals surface area contributed by atoms with Crippen LogP contribution in [0.5, 0.6) is 0 Å².